The van der Waals surface area contributed by atoms with Gasteiger partial charge in [0.1, 0.15) is 0 Å². The van der Waals surface area contributed by atoms with E-state index in [0.717, 1.165) is 13.0 Å². The number of hydrogen-bond acceptors (Lipinski definition) is 2. The van der Waals surface area contributed by atoms with Crippen LogP contribution in [0.4, 0.5) is 0 Å². The van der Waals surface area contributed by atoms with Crippen molar-refractivity contribution in [2.24, 2.45) is 11.1 Å². The van der Waals surface area contributed by atoms with E-state index in [4.69, 9.17) is 5.73 Å². The lowest BCUT2D eigenvalue weighted by atomic mass is 9.91. The van der Waals surface area contributed by atoms with Gasteiger partial charge in [0.2, 0.25) is 5.91 Å². The number of carbonyl (C=O) groups excluding carboxylic acids is 1. The maximum atomic E-state index is 10.8. The van der Waals surface area contributed by atoms with E-state index in [1.54, 1.807) is 0 Å². The fraction of sp³-hybridized carbons (Fsp3) is 0.909. The van der Waals surface area contributed by atoms with E-state index in [-0.39, 0.29) is 11.4 Å². The number of rotatable bonds is 5. The highest BCUT2D eigenvalue weighted by molar-refractivity contribution is 5.74. The van der Waals surface area contributed by atoms with Crippen LogP contribution in [0.5, 0.6) is 0 Å². The Labute approximate surface area is 87.4 Å². The molecule has 3 heteroatoms. The molecule has 0 unspecified atom stereocenters. The van der Waals surface area contributed by atoms with Gasteiger partial charge in [-0.2, -0.15) is 0 Å². The Bertz CT molecular complexity index is 192. The zero-order valence-electron chi connectivity index (χ0n) is 10.1. The van der Waals surface area contributed by atoms with Crippen LogP contribution in [0.25, 0.3) is 0 Å². The molecule has 84 valence electrons. The van der Waals surface area contributed by atoms with Crippen LogP contribution in [0.15, 0.2) is 0 Å². The van der Waals surface area contributed by atoms with Crippen LogP contribution >= 0.6 is 0 Å². The highest BCUT2D eigenvalue weighted by Crippen LogP contribution is 2.18. The molecule has 0 aromatic rings. The van der Waals surface area contributed by atoms with Crippen LogP contribution in [-0.4, -0.2) is 18.0 Å². The zero-order valence-corrected chi connectivity index (χ0v) is 10.1. The molecule has 0 radical (unpaired) electrons. The maximum Gasteiger partial charge on any atom is 0.219 e. The summed E-state index contributed by atoms with van der Waals surface area (Å²) in [6.45, 7) is 11.5. The average Bonchev–Trinajstić information content (AvgIpc) is 1.78. The molecular formula is C11H24N2O. The molecule has 3 N–H and O–H groups in total. The Hall–Kier alpha value is -0.570. The summed E-state index contributed by atoms with van der Waals surface area (Å²) in [6, 6.07) is 0. The van der Waals surface area contributed by atoms with Crippen molar-refractivity contribution in [2.45, 2.75) is 53.0 Å². The summed E-state index contributed by atoms with van der Waals surface area (Å²) in [5.41, 5.74) is 5.30. The van der Waals surface area contributed by atoms with Gasteiger partial charge in [-0.3, -0.25) is 4.79 Å². The van der Waals surface area contributed by atoms with Crippen molar-refractivity contribution in [3.05, 3.63) is 0 Å². The second kappa shape index (κ2) is 4.78. The molecule has 0 rings (SSSR count). The minimum Gasteiger partial charge on any atom is -0.370 e. The van der Waals surface area contributed by atoms with Crippen molar-refractivity contribution >= 4 is 5.91 Å². The molecule has 0 aliphatic rings. The second-order valence-electron chi connectivity index (χ2n) is 5.76. The fourth-order valence-electron chi connectivity index (χ4n) is 1.27. The molecule has 0 aromatic carbocycles. The number of hydrogen-bond donors (Lipinski definition) is 2. The molecule has 14 heavy (non-hydrogen) atoms. The minimum atomic E-state index is -0.252. The SMILES string of the molecule is CC(C)(C)CCNC(C)(C)CC(N)=O. The van der Waals surface area contributed by atoms with Crippen molar-refractivity contribution in [3.63, 3.8) is 0 Å². The van der Waals surface area contributed by atoms with Crippen molar-refractivity contribution in [3.8, 4) is 0 Å². The summed E-state index contributed by atoms with van der Waals surface area (Å²) in [5, 5.41) is 3.35. The van der Waals surface area contributed by atoms with Crippen LogP contribution in [-0.2, 0) is 4.79 Å². The first-order chi connectivity index (χ1) is 6.12. The monoisotopic (exact) mass is 200 g/mol. The van der Waals surface area contributed by atoms with Gasteiger partial charge >= 0.3 is 0 Å². The average molecular weight is 200 g/mol. The zero-order chi connectivity index (χ0) is 11.4. The molecule has 0 saturated carbocycles. The fourth-order valence-corrected chi connectivity index (χ4v) is 1.27. The Morgan fingerprint density at radius 1 is 1.21 bits per heavy atom. The summed E-state index contributed by atoms with van der Waals surface area (Å²) in [6.07, 6.45) is 1.48. The van der Waals surface area contributed by atoms with Crippen LogP contribution in [0.3, 0.4) is 0 Å². The quantitative estimate of drug-likeness (QED) is 0.709. The normalized spacial score (nSPS) is 12.9. The van der Waals surface area contributed by atoms with Crippen LogP contribution < -0.4 is 11.1 Å². The van der Waals surface area contributed by atoms with E-state index in [2.05, 4.69) is 26.1 Å². The maximum absolute atomic E-state index is 10.8. The summed E-state index contributed by atoms with van der Waals surface area (Å²) in [5.74, 6) is -0.252. The topological polar surface area (TPSA) is 55.1 Å². The van der Waals surface area contributed by atoms with Crippen molar-refractivity contribution in [1.82, 2.24) is 5.32 Å². The van der Waals surface area contributed by atoms with E-state index in [0.29, 0.717) is 11.8 Å². The summed E-state index contributed by atoms with van der Waals surface area (Å²) >= 11 is 0. The van der Waals surface area contributed by atoms with Crippen molar-refractivity contribution in [2.75, 3.05) is 6.54 Å². The lowest BCUT2D eigenvalue weighted by Gasteiger charge is -2.27. The minimum absolute atomic E-state index is 0.183. The molecule has 0 aliphatic carbocycles. The van der Waals surface area contributed by atoms with Crippen LogP contribution in [0.1, 0.15) is 47.5 Å². The number of nitrogens with two attached hydrogens (primary N) is 1. The van der Waals surface area contributed by atoms with Crippen molar-refractivity contribution < 1.29 is 4.79 Å². The van der Waals surface area contributed by atoms with Gasteiger partial charge < -0.3 is 11.1 Å². The number of nitrogens with one attached hydrogen (secondary N) is 1. The first kappa shape index (κ1) is 13.4. The molecule has 0 aromatic heterocycles. The van der Waals surface area contributed by atoms with E-state index in [1.807, 2.05) is 13.8 Å². The van der Waals surface area contributed by atoms with Gasteiger partial charge in [0.15, 0.2) is 0 Å². The van der Waals surface area contributed by atoms with Gasteiger partial charge in [-0.05, 0) is 32.2 Å². The standard InChI is InChI=1S/C11H24N2O/c1-10(2,3)6-7-13-11(4,5)8-9(12)14/h13H,6-8H2,1-5H3,(H2,12,14). The molecule has 0 heterocycles. The third kappa shape index (κ3) is 8.05. The van der Waals surface area contributed by atoms with Gasteiger partial charge in [0.25, 0.3) is 0 Å². The van der Waals surface area contributed by atoms with E-state index in [1.165, 1.54) is 0 Å². The third-order valence-corrected chi connectivity index (χ3v) is 2.09. The number of primary amides is 1. The molecule has 0 atom stereocenters. The summed E-state index contributed by atoms with van der Waals surface area (Å²) < 4.78 is 0. The van der Waals surface area contributed by atoms with Gasteiger partial charge in [-0.1, -0.05) is 20.8 Å². The molecule has 0 saturated heterocycles. The van der Waals surface area contributed by atoms with Gasteiger partial charge in [-0.15, -0.1) is 0 Å². The lowest BCUT2D eigenvalue weighted by Crippen LogP contribution is -2.43. The summed E-state index contributed by atoms with van der Waals surface area (Å²) in [4.78, 5) is 10.8. The Morgan fingerprint density at radius 3 is 2.07 bits per heavy atom. The third-order valence-electron chi connectivity index (χ3n) is 2.09. The highest BCUT2D eigenvalue weighted by Gasteiger charge is 2.20. The van der Waals surface area contributed by atoms with E-state index in [9.17, 15) is 4.79 Å². The number of carbonyl (C=O) groups is 1. The summed E-state index contributed by atoms with van der Waals surface area (Å²) in [7, 11) is 0. The van der Waals surface area contributed by atoms with Crippen molar-refractivity contribution in [1.29, 1.82) is 0 Å². The van der Waals surface area contributed by atoms with Gasteiger partial charge in [0, 0.05) is 12.0 Å². The highest BCUT2D eigenvalue weighted by atomic mass is 16.1. The molecule has 1 amide bonds. The molecule has 0 aliphatic heterocycles. The van der Waals surface area contributed by atoms with Crippen LogP contribution in [0.2, 0.25) is 0 Å². The predicted octanol–water partition coefficient (Wildman–Crippen LogP) is 1.67. The Balaban J connectivity index is 3.82. The molecular weight excluding hydrogens is 176 g/mol. The first-order valence-corrected chi connectivity index (χ1v) is 5.16. The Kier molecular flexibility index (Phi) is 4.59. The van der Waals surface area contributed by atoms with Crippen LogP contribution in [0, 0.1) is 5.41 Å². The lowest BCUT2D eigenvalue weighted by molar-refractivity contribution is -0.119. The van der Waals surface area contributed by atoms with Gasteiger partial charge in [0.05, 0.1) is 0 Å². The second-order valence-corrected chi connectivity index (χ2v) is 5.76. The smallest absolute Gasteiger partial charge is 0.219 e. The molecule has 0 fully saturated rings. The number of amides is 1. The predicted molar refractivity (Wildman–Crippen MR) is 60.0 cm³/mol. The largest absolute Gasteiger partial charge is 0.370 e. The van der Waals surface area contributed by atoms with Gasteiger partial charge in [-0.25, -0.2) is 0 Å². The van der Waals surface area contributed by atoms with E-state index >= 15 is 0 Å². The molecule has 3 nitrogen and oxygen atoms in total. The molecule has 0 spiro atoms. The van der Waals surface area contributed by atoms with E-state index < -0.39 is 0 Å². The Morgan fingerprint density at radius 2 is 1.71 bits per heavy atom. The molecule has 0 bridgehead atoms. The first-order valence-electron chi connectivity index (χ1n) is 5.16.